The molecule has 5 heteroatoms. The minimum Gasteiger partial charge on any atom is -0.370 e. The second-order valence-corrected chi connectivity index (χ2v) is 6.90. The molecule has 1 fully saturated rings. The number of hydrogen-bond donors (Lipinski definition) is 1. The third kappa shape index (κ3) is 5.91. The van der Waals surface area contributed by atoms with E-state index in [0.717, 1.165) is 35.6 Å². The highest BCUT2D eigenvalue weighted by molar-refractivity contribution is 9.10. The van der Waals surface area contributed by atoms with Crippen molar-refractivity contribution in [1.29, 1.82) is 0 Å². The van der Waals surface area contributed by atoms with E-state index in [1.807, 2.05) is 6.07 Å². The summed E-state index contributed by atoms with van der Waals surface area (Å²) in [6.45, 7) is 9.14. The Bertz CT molecular complexity index is 432. The van der Waals surface area contributed by atoms with Crippen LogP contribution in [0.25, 0.3) is 0 Å². The molecule has 0 bridgehead atoms. The topological polar surface area (TPSA) is 41.1 Å². The molecule has 1 atom stereocenters. The first-order chi connectivity index (χ1) is 10.2. The van der Waals surface area contributed by atoms with Gasteiger partial charge in [-0.25, -0.2) is 9.97 Å². The molecule has 1 aromatic rings. The molecule has 21 heavy (non-hydrogen) atoms. The summed E-state index contributed by atoms with van der Waals surface area (Å²) in [5.74, 6) is 2.48. The van der Waals surface area contributed by atoms with E-state index in [2.05, 4.69) is 50.0 Å². The predicted octanol–water partition coefficient (Wildman–Crippen LogP) is 3.73. The quantitative estimate of drug-likeness (QED) is 0.757. The van der Waals surface area contributed by atoms with Gasteiger partial charge in [-0.3, -0.25) is 0 Å². The molecule has 1 aromatic heterocycles. The number of piperidine rings is 1. The Labute approximate surface area is 136 Å². The van der Waals surface area contributed by atoms with Gasteiger partial charge in [-0.2, -0.15) is 0 Å². The second-order valence-electron chi connectivity index (χ2n) is 6.09. The van der Waals surface area contributed by atoms with E-state index in [-0.39, 0.29) is 0 Å². The molecule has 2 rings (SSSR count). The number of aryl methyl sites for hydroxylation is 1. The smallest absolute Gasteiger partial charge is 0.132 e. The Hall–Kier alpha value is -0.680. The number of rotatable bonds is 7. The third-order valence-corrected chi connectivity index (χ3v) is 4.27. The van der Waals surface area contributed by atoms with Crippen molar-refractivity contribution in [1.82, 2.24) is 14.9 Å². The molecule has 1 aliphatic rings. The number of halogens is 1. The van der Waals surface area contributed by atoms with Crippen LogP contribution in [0, 0.1) is 5.92 Å². The Morgan fingerprint density at radius 1 is 1.29 bits per heavy atom. The van der Waals surface area contributed by atoms with Gasteiger partial charge < -0.3 is 10.2 Å². The predicted molar refractivity (Wildman–Crippen MR) is 91.7 cm³/mol. The summed E-state index contributed by atoms with van der Waals surface area (Å²) in [7, 11) is 0. The van der Waals surface area contributed by atoms with Crippen LogP contribution in [0.15, 0.2) is 10.7 Å². The van der Waals surface area contributed by atoms with E-state index in [0.29, 0.717) is 5.92 Å². The molecule has 0 aromatic carbocycles. The SMILES string of the molecule is CCCc1nc(Br)cc(NCC(C)CN2CCCCC2)n1. The van der Waals surface area contributed by atoms with Crippen LogP contribution < -0.4 is 5.32 Å². The second kappa shape index (κ2) is 8.69. The minimum atomic E-state index is 0.631. The van der Waals surface area contributed by atoms with Crippen LogP contribution in [-0.4, -0.2) is 41.0 Å². The van der Waals surface area contributed by atoms with Gasteiger partial charge in [0.25, 0.3) is 0 Å². The molecule has 1 N–H and O–H groups in total. The maximum absolute atomic E-state index is 4.58. The summed E-state index contributed by atoms with van der Waals surface area (Å²) >= 11 is 3.47. The van der Waals surface area contributed by atoms with E-state index >= 15 is 0 Å². The van der Waals surface area contributed by atoms with E-state index in [1.54, 1.807) is 0 Å². The summed E-state index contributed by atoms with van der Waals surface area (Å²) in [6, 6.07) is 1.97. The zero-order valence-corrected chi connectivity index (χ0v) is 14.8. The lowest BCUT2D eigenvalue weighted by Gasteiger charge is -2.29. The summed E-state index contributed by atoms with van der Waals surface area (Å²) < 4.78 is 0.868. The highest BCUT2D eigenvalue weighted by atomic mass is 79.9. The Morgan fingerprint density at radius 2 is 2.05 bits per heavy atom. The maximum Gasteiger partial charge on any atom is 0.132 e. The van der Waals surface area contributed by atoms with Gasteiger partial charge >= 0.3 is 0 Å². The van der Waals surface area contributed by atoms with Crippen molar-refractivity contribution < 1.29 is 0 Å². The first-order valence-electron chi connectivity index (χ1n) is 8.17. The number of hydrogen-bond acceptors (Lipinski definition) is 4. The van der Waals surface area contributed by atoms with Crippen molar-refractivity contribution in [2.75, 3.05) is 31.5 Å². The molecule has 2 heterocycles. The van der Waals surface area contributed by atoms with Crippen LogP contribution in [0.3, 0.4) is 0 Å². The fraction of sp³-hybridized carbons (Fsp3) is 0.750. The monoisotopic (exact) mass is 354 g/mol. The third-order valence-electron chi connectivity index (χ3n) is 3.87. The zero-order chi connectivity index (χ0) is 15.1. The van der Waals surface area contributed by atoms with Crippen LogP contribution in [0.4, 0.5) is 5.82 Å². The van der Waals surface area contributed by atoms with E-state index in [1.165, 1.54) is 38.9 Å². The Morgan fingerprint density at radius 3 is 2.76 bits per heavy atom. The maximum atomic E-state index is 4.58. The largest absolute Gasteiger partial charge is 0.370 e. The first-order valence-corrected chi connectivity index (χ1v) is 8.96. The lowest BCUT2D eigenvalue weighted by atomic mass is 10.1. The van der Waals surface area contributed by atoms with Gasteiger partial charge in [0.2, 0.25) is 0 Å². The van der Waals surface area contributed by atoms with Gasteiger partial charge in [0.05, 0.1) is 0 Å². The molecule has 4 nitrogen and oxygen atoms in total. The Balaban J connectivity index is 1.81. The number of aromatic nitrogens is 2. The standard InChI is InChI=1S/C16H27BrN4/c1-3-7-15-19-14(17)10-16(20-15)18-11-13(2)12-21-8-5-4-6-9-21/h10,13H,3-9,11-12H2,1-2H3,(H,18,19,20). The summed E-state index contributed by atoms with van der Waals surface area (Å²) in [5.41, 5.74) is 0. The van der Waals surface area contributed by atoms with Crippen LogP contribution in [0.5, 0.6) is 0 Å². The fourth-order valence-corrected chi connectivity index (χ4v) is 3.24. The normalized spacial score (nSPS) is 17.7. The molecular weight excluding hydrogens is 328 g/mol. The van der Waals surface area contributed by atoms with Gasteiger partial charge in [-0.05, 0) is 54.2 Å². The molecule has 118 valence electrons. The lowest BCUT2D eigenvalue weighted by molar-refractivity contribution is 0.204. The lowest BCUT2D eigenvalue weighted by Crippen LogP contribution is -2.35. The summed E-state index contributed by atoms with van der Waals surface area (Å²) in [6.07, 6.45) is 6.12. The van der Waals surface area contributed by atoms with Gasteiger partial charge in [0, 0.05) is 25.6 Å². The van der Waals surface area contributed by atoms with Gasteiger partial charge in [-0.15, -0.1) is 0 Å². The molecular formula is C16H27BrN4. The molecule has 1 aliphatic heterocycles. The number of anilines is 1. The minimum absolute atomic E-state index is 0.631. The van der Waals surface area contributed by atoms with Crippen LogP contribution >= 0.6 is 15.9 Å². The molecule has 1 unspecified atom stereocenters. The van der Waals surface area contributed by atoms with Crippen molar-refractivity contribution in [2.45, 2.75) is 46.0 Å². The molecule has 0 amide bonds. The number of likely N-dealkylation sites (tertiary alicyclic amines) is 1. The van der Waals surface area contributed by atoms with Crippen LogP contribution in [-0.2, 0) is 6.42 Å². The zero-order valence-electron chi connectivity index (χ0n) is 13.2. The van der Waals surface area contributed by atoms with Crippen molar-refractivity contribution in [3.05, 3.63) is 16.5 Å². The van der Waals surface area contributed by atoms with Gasteiger partial charge in [0.15, 0.2) is 0 Å². The van der Waals surface area contributed by atoms with E-state index in [9.17, 15) is 0 Å². The molecule has 0 spiro atoms. The fourth-order valence-electron chi connectivity index (χ4n) is 2.82. The van der Waals surface area contributed by atoms with Gasteiger partial charge in [0.1, 0.15) is 16.2 Å². The van der Waals surface area contributed by atoms with E-state index < -0.39 is 0 Å². The average Bonchev–Trinajstić information content (AvgIpc) is 2.46. The highest BCUT2D eigenvalue weighted by Gasteiger charge is 2.13. The van der Waals surface area contributed by atoms with Crippen molar-refractivity contribution in [2.24, 2.45) is 5.92 Å². The van der Waals surface area contributed by atoms with Crippen LogP contribution in [0.2, 0.25) is 0 Å². The van der Waals surface area contributed by atoms with Crippen LogP contribution in [0.1, 0.15) is 45.4 Å². The summed E-state index contributed by atoms with van der Waals surface area (Å²) in [5, 5.41) is 3.47. The molecule has 0 saturated carbocycles. The van der Waals surface area contributed by atoms with Crippen molar-refractivity contribution in [3.63, 3.8) is 0 Å². The van der Waals surface area contributed by atoms with Crippen molar-refractivity contribution in [3.8, 4) is 0 Å². The highest BCUT2D eigenvalue weighted by Crippen LogP contribution is 2.15. The van der Waals surface area contributed by atoms with Crippen molar-refractivity contribution >= 4 is 21.7 Å². The molecule has 1 saturated heterocycles. The molecule has 0 aliphatic carbocycles. The Kier molecular flexibility index (Phi) is 6.90. The molecule has 0 radical (unpaired) electrons. The summed E-state index contributed by atoms with van der Waals surface area (Å²) in [4.78, 5) is 11.6. The average molecular weight is 355 g/mol. The van der Waals surface area contributed by atoms with Gasteiger partial charge in [-0.1, -0.05) is 20.3 Å². The van der Waals surface area contributed by atoms with E-state index in [4.69, 9.17) is 0 Å². The number of nitrogens with one attached hydrogen (secondary N) is 1. The first kappa shape index (κ1) is 16.7. The number of nitrogens with zero attached hydrogens (tertiary/aromatic N) is 3.